The zero-order valence-electron chi connectivity index (χ0n) is 18.4. The van der Waals surface area contributed by atoms with Crippen LogP contribution in [-0.2, 0) is 10.0 Å². The molecule has 0 N–H and O–H groups in total. The average molecular weight is 481 g/mol. The van der Waals surface area contributed by atoms with E-state index in [4.69, 9.17) is 16.3 Å². The molecule has 4 rings (SSSR count). The molecule has 174 valence electrons. The van der Waals surface area contributed by atoms with Crippen LogP contribution in [0.25, 0.3) is 5.69 Å². The zero-order valence-corrected chi connectivity index (χ0v) is 20.0. The molecular weight excluding hydrogens is 452 g/mol. The summed E-state index contributed by atoms with van der Waals surface area (Å²) in [6.45, 7) is 5.52. The van der Waals surface area contributed by atoms with Gasteiger partial charge in [0, 0.05) is 31.2 Å². The average Bonchev–Trinajstić information content (AvgIpc) is 3.20. The molecule has 1 aromatic heterocycles. The fourth-order valence-corrected chi connectivity index (χ4v) is 5.64. The molecule has 1 saturated carbocycles. The number of aromatic nitrogens is 2. The highest BCUT2D eigenvalue weighted by Gasteiger charge is 2.30. The first-order valence-corrected chi connectivity index (χ1v) is 13.0. The fraction of sp³-hybridized carbons (Fsp3) is 0.545. The van der Waals surface area contributed by atoms with E-state index in [1.54, 1.807) is 37.4 Å². The zero-order chi connectivity index (χ0) is 22.9. The van der Waals surface area contributed by atoms with Crippen molar-refractivity contribution in [2.24, 2.45) is 5.92 Å². The molecule has 1 aromatic carbocycles. The Labute approximate surface area is 193 Å². The number of rotatable bonds is 6. The molecule has 10 heteroatoms. The van der Waals surface area contributed by atoms with E-state index in [1.165, 1.54) is 8.99 Å². The van der Waals surface area contributed by atoms with E-state index in [0.29, 0.717) is 48.5 Å². The SMILES string of the molecule is CCS(=O)(=O)N1CCN(c2cnn(-c3cccc(Cl)c3)c(=O)c2OC2CCC(C)C2)CC1. The highest BCUT2D eigenvalue weighted by molar-refractivity contribution is 7.89. The van der Waals surface area contributed by atoms with E-state index in [2.05, 4.69) is 12.0 Å². The number of anilines is 1. The molecule has 8 nitrogen and oxygen atoms in total. The van der Waals surface area contributed by atoms with Gasteiger partial charge in [0.05, 0.1) is 23.7 Å². The van der Waals surface area contributed by atoms with E-state index in [1.807, 2.05) is 4.90 Å². The third-order valence-corrected chi connectivity index (χ3v) is 8.35. The van der Waals surface area contributed by atoms with Gasteiger partial charge in [0.15, 0.2) is 0 Å². The van der Waals surface area contributed by atoms with Crippen LogP contribution in [0.5, 0.6) is 5.75 Å². The van der Waals surface area contributed by atoms with Gasteiger partial charge in [0.1, 0.15) is 5.69 Å². The van der Waals surface area contributed by atoms with E-state index < -0.39 is 10.0 Å². The van der Waals surface area contributed by atoms with Gasteiger partial charge < -0.3 is 9.64 Å². The number of hydrogen-bond acceptors (Lipinski definition) is 6. The maximum absolute atomic E-state index is 13.5. The van der Waals surface area contributed by atoms with Crippen molar-refractivity contribution in [1.29, 1.82) is 0 Å². The van der Waals surface area contributed by atoms with Crippen LogP contribution in [0.4, 0.5) is 5.69 Å². The van der Waals surface area contributed by atoms with Gasteiger partial charge in [-0.1, -0.05) is 24.6 Å². The number of nitrogens with zero attached hydrogens (tertiary/aromatic N) is 4. The number of benzene rings is 1. The lowest BCUT2D eigenvalue weighted by Crippen LogP contribution is -2.49. The van der Waals surface area contributed by atoms with Crippen LogP contribution in [0.1, 0.15) is 33.1 Å². The molecule has 2 aromatic rings. The molecule has 2 fully saturated rings. The molecule has 2 heterocycles. The van der Waals surface area contributed by atoms with Crippen LogP contribution >= 0.6 is 11.6 Å². The van der Waals surface area contributed by atoms with Crippen LogP contribution in [0.15, 0.2) is 35.3 Å². The van der Waals surface area contributed by atoms with Gasteiger partial charge in [-0.15, -0.1) is 0 Å². The van der Waals surface area contributed by atoms with Gasteiger partial charge in [-0.25, -0.2) is 8.42 Å². The molecule has 0 radical (unpaired) electrons. The van der Waals surface area contributed by atoms with Crippen LogP contribution in [0.3, 0.4) is 0 Å². The summed E-state index contributed by atoms with van der Waals surface area (Å²) in [5.74, 6) is 0.910. The summed E-state index contributed by atoms with van der Waals surface area (Å²) in [5.41, 5.74) is 0.840. The predicted molar refractivity (Wildman–Crippen MR) is 126 cm³/mol. The highest BCUT2D eigenvalue weighted by Crippen LogP contribution is 2.32. The minimum absolute atomic E-state index is 0.0200. The predicted octanol–water partition coefficient (Wildman–Crippen LogP) is 2.93. The van der Waals surface area contributed by atoms with Crippen molar-refractivity contribution in [2.45, 2.75) is 39.2 Å². The number of halogens is 1. The van der Waals surface area contributed by atoms with Crippen molar-refractivity contribution < 1.29 is 13.2 Å². The van der Waals surface area contributed by atoms with Gasteiger partial charge in [-0.3, -0.25) is 4.79 Å². The molecule has 32 heavy (non-hydrogen) atoms. The van der Waals surface area contributed by atoms with Crippen LogP contribution in [0.2, 0.25) is 5.02 Å². The summed E-state index contributed by atoms with van der Waals surface area (Å²) < 4.78 is 33.5. The number of hydrogen-bond donors (Lipinski definition) is 0. The number of sulfonamides is 1. The number of ether oxygens (including phenoxy) is 1. The second kappa shape index (κ2) is 9.41. The minimum Gasteiger partial charge on any atom is -0.483 e. The Morgan fingerprint density at radius 1 is 1.19 bits per heavy atom. The van der Waals surface area contributed by atoms with Crippen LogP contribution in [0, 0.1) is 5.92 Å². The standard InChI is InChI=1S/C22H29ClN4O4S/c1-3-32(29,30)26-11-9-25(10-12-26)20-15-24-27(18-6-4-5-17(23)14-18)22(28)21(20)31-19-8-7-16(2)13-19/h4-6,14-16,19H,3,7-13H2,1-2H3. The van der Waals surface area contributed by atoms with Crippen molar-refractivity contribution in [2.75, 3.05) is 36.8 Å². The van der Waals surface area contributed by atoms with E-state index in [0.717, 1.165) is 19.3 Å². The Morgan fingerprint density at radius 2 is 1.94 bits per heavy atom. The van der Waals surface area contributed by atoms with Gasteiger partial charge >= 0.3 is 5.56 Å². The van der Waals surface area contributed by atoms with Gasteiger partial charge in [0.25, 0.3) is 0 Å². The molecule has 2 aliphatic rings. The lowest BCUT2D eigenvalue weighted by Gasteiger charge is -2.35. The smallest absolute Gasteiger partial charge is 0.316 e. The molecule has 1 aliphatic carbocycles. The second-order valence-electron chi connectivity index (χ2n) is 8.50. The first-order valence-electron chi connectivity index (χ1n) is 11.1. The Morgan fingerprint density at radius 3 is 2.56 bits per heavy atom. The summed E-state index contributed by atoms with van der Waals surface area (Å²) in [5, 5.41) is 4.91. The fourth-order valence-electron chi connectivity index (χ4n) is 4.38. The molecule has 2 atom stereocenters. The summed E-state index contributed by atoms with van der Waals surface area (Å²) in [6.07, 6.45) is 4.50. The van der Waals surface area contributed by atoms with Crippen molar-refractivity contribution >= 4 is 27.3 Å². The molecule has 2 unspecified atom stereocenters. The number of piperazine rings is 1. The Hall–Kier alpha value is -2.10. The second-order valence-corrected chi connectivity index (χ2v) is 11.2. The Balaban J connectivity index is 1.67. The molecule has 0 bridgehead atoms. The van der Waals surface area contributed by atoms with Crippen LogP contribution < -0.4 is 15.2 Å². The minimum atomic E-state index is -3.24. The lowest BCUT2D eigenvalue weighted by molar-refractivity contribution is 0.201. The molecule has 0 spiro atoms. The van der Waals surface area contributed by atoms with Gasteiger partial charge in [-0.05, 0) is 50.3 Å². The van der Waals surface area contributed by atoms with Gasteiger partial charge in [-0.2, -0.15) is 14.1 Å². The van der Waals surface area contributed by atoms with Gasteiger partial charge in [0.2, 0.25) is 15.8 Å². The quantitative estimate of drug-likeness (QED) is 0.632. The monoisotopic (exact) mass is 480 g/mol. The van der Waals surface area contributed by atoms with Crippen molar-refractivity contribution in [3.8, 4) is 11.4 Å². The van der Waals surface area contributed by atoms with Crippen molar-refractivity contribution in [1.82, 2.24) is 14.1 Å². The maximum Gasteiger partial charge on any atom is 0.316 e. The summed E-state index contributed by atoms with van der Waals surface area (Å²) in [4.78, 5) is 15.5. The summed E-state index contributed by atoms with van der Waals surface area (Å²) >= 11 is 6.12. The Bertz CT molecular complexity index is 1130. The van der Waals surface area contributed by atoms with Crippen molar-refractivity contribution in [3.63, 3.8) is 0 Å². The van der Waals surface area contributed by atoms with Crippen molar-refractivity contribution in [3.05, 3.63) is 45.8 Å². The largest absolute Gasteiger partial charge is 0.483 e. The molecule has 1 saturated heterocycles. The van der Waals surface area contributed by atoms with E-state index >= 15 is 0 Å². The van der Waals surface area contributed by atoms with E-state index in [9.17, 15) is 13.2 Å². The molecular formula is C22H29ClN4O4S. The molecule has 0 amide bonds. The maximum atomic E-state index is 13.5. The summed E-state index contributed by atoms with van der Waals surface area (Å²) in [6, 6.07) is 6.97. The first-order chi connectivity index (χ1) is 15.3. The topological polar surface area (TPSA) is 84.7 Å². The third-order valence-electron chi connectivity index (χ3n) is 6.24. The first kappa shape index (κ1) is 23.1. The summed E-state index contributed by atoms with van der Waals surface area (Å²) in [7, 11) is -3.24. The normalized spacial score (nSPS) is 22.3. The highest BCUT2D eigenvalue weighted by atomic mass is 35.5. The van der Waals surface area contributed by atoms with Crippen LogP contribution in [-0.4, -0.2) is 60.5 Å². The third kappa shape index (κ3) is 4.79. The van der Waals surface area contributed by atoms with E-state index in [-0.39, 0.29) is 23.2 Å². The lowest BCUT2D eigenvalue weighted by atomic mass is 10.1. The Kier molecular flexibility index (Phi) is 6.78. The molecule has 1 aliphatic heterocycles.